The zero-order valence-electron chi connectivity index (χ0n) is 6.11. The molecule has 1 atom stereocenters. The molecule has 1 rings (SSSR count). The Morgan fingerprint density at radius 1 is 1.70 bits per heavy atom. The van der Waals surface area contributed by atoms with Crippen molar-refractivity contribution < 1.29 is 0 Å². The second-order valence-electron chi connectivity index (χ2n) is 2.28. The molecule has 1 unspecified atom stereocenters. The van der Waals surface area contributed by atoms with E-state index in [0.29, 0.717) is 6.04 Å². The van der Waals surface area contributed by atoms with Crippen LogP contribution in [0.1, 0.15) is 18.7 Å². The Balaban J connectivity index is 2.74. The number of aromatic amines is 1. The number of nitrogens with one attached hydrogen (secondary N) is 2. The largest absolute Gasteiger partial charge is 0.363 e. The fourth-order valence-corrected chi connectivity index (χ4v) is 1.28. The van der Waals surface area contributed by atoms with E-state index in [1.807, 2.05) is 13.2 Å². The molecular formula is C7H11IN2. The molecule has 10 heavy (non-hydrogen) atoms. The van der Waals surface area contributed by atoms with Crippen LogP contribution in [0.15, 0.2) is 12.3 Å². The van der Waals surface area contributed by atoms with Gasteiger partial charge in [0.25, 0.3) is 0 Å². The fraction of sp³-hybridized carbons (Fsp3) is 0.429. The number of H-pyrrole nitrogens is 1. The summed E-state index contributed by atoms with van der Waals surface area (Å²) in [5.74, 6) is 0. The molecule has 1 heterocycles. The fourth-order valence-electron chi connectivity index (χ4n) is 0.790. The van der Waals surface area contributed by atoms with Gasteiger partial charge >= 0.3 is 0 Å². The van der Waals surface area contributed by atoms with Crippen LogP contribution in [0.5, 0.6) is 0 Å². The van der Waals surface area contributed by atoms with Crippen LogP contribution < -0.4 is 5.32 Å². The number of halogens is 1. The zero-order chi connectivity index (χ0) is 7.56. The molecule has 0 aliphatic rings. The van der Waals surface area contributed by atoms with Gasteiger partial charge in [0.15, 0.2) is 0 Å². The summed E-state index contributed by atoms with van der Waals surface area (Å²) in [5, 5.41) is 3.16. The Morgan fingerprint density at radius 2 is 2.40 bits per heavy atom. The minimum absolute atomic E-state index is 0.420. The van der Waals surface area contributed by atoms with E-state index >= 15 is 0 Å². The summed E-state index contributed by atoms with van der Waals surface area (Å²) < 4.78 is 1.26. The average Bonchev–Trinajstić information content (AvgIpc) is 2.34. The molecule has 2 nitrogen and oxygen atoms in total. The molecule has 0 saturated heterocycles. The zero-order valence-corrected chi connectivity index (χ0v) is 8.27. The Labute approximate surface area is 74.5 Å². The number of aromatic nitrogens is 1. The second-order valence-corrected chi connectivity index (χ2v) is 3.53. The summed E-state index contributed by atoms with van der Waals surface area (Å²) >= 11 is 2.29. The SMILES string of the molecule is CNC(C)c1cc(I)c[nH]1. The van der Waals surface area contributed by atoms with Crippen LogP contribution in [0.2, 0.25) is 0 Å². The van der Waals surface area contributed by atoms with Gasteiger partial charge in [-0.25, -0.2) is 0 Å². The third kappa shape index (κ3) is 1.73. The first-order valence-corrected chi connectivity index (χ1v) is 4.33. The monoisotopic (exact) mass is 250 g/mol. The Hall–Kier alpha value is -0.0300. The Bertz CT molecular complexity index is 207. The lowest BCUT2D eigenvalue weighted by molar-refractivity contribution is 0.637. The standard InChI is InChI=1S/C7H11IN2/c1-5(9-2)7-3-6(8)4-10-7/h3-5,9-10H,1-2H3. The molecule has 3 heteroatoms. The minimum Gasteiger partial charge on any atom is -0.363 e. The van der Waals surface area contributed by atoms with Crippen molar-refractivity contribution in [2.24, 2.45) is 0 Å². The van der Waals surface area contributed by atoms with Crippen LogP contribution in [0.3, 0.4) is 0 Å². The molecule has 0 spiro atoms. The summed E-state index contributed by atoms with van der Waals surface area (Å²) in [5.41, 5.74) is 1.24. The van der Waals surface area contributed by atoms with Crippen LogP contribution in [-0.2, 0) is 0 Å². The summed E-state index contributed by atoms with van der Waals surface area (Å²) in [6.07, 6.45) is 2.00. The van der Waals surface area contributed by atoms with Crippen LogP contribution >= 0.6 is 22.6 Å². The Morgan fingerprint density at radius 3 is 2.80 bits per heavy atom. The maximum Gasteiger partial charge on any atom is 0.0442 e. The van der Waals surface area contributed by atoms with Gasteiger partial charge in [0.05, 0.1) is 0 Å². The van der Waals surface area contributed by atoms with E-state index in [1.54, 1.807) is 0 Å². The van der Waals surface area contributed by atoms with Crippen molar-refractivity contribution in [3.8, 4) is 0 Å². The molecule has 1 aromatic heterocycles. The van der Waals surface area contributed by atoms with Gasteiger partial charge in [-0.15, -0.1) is 0 Å². The summed E-state index contributed by atoms with van der Waals surface area (Å²) in [6.45, 7) is 2.13. The maximum absolute atomic E-state index is 3.19. The molecule has 0 amide bonds. The molecule has 0 saturated carbocycles. The molecule has 0 fully saturated rings. The first-order chi connectivity index (χ1) is 4.74. The number of hydrogen-bond acceptors (Lipinski definition) is 1. The highest BCUT2D eigenvalue weighted by Gasteiger charge is 2.02. The summed E-state index contributed by atoms with van der Waals surface area (Å²) in [4.78, 5) is 3.19. The van der Waals surface area contributed by atoms with Gasteiger partial charge in [0.2, 0.25) is 0 Å². The van der Waals surface area contributed by atoms with Gasteiger partial charge in [-0.05, 0) is 42.6 Å². The first-order valence-electron chi connectivity index (χ1n) is 3.25. The van der Waals surface area contributed by atoms with Crippen LogP contribution in [0, 0.1) is 3.57 Å². The minimum atomic E-state index is 0.420. The molecule has 56 valence electrons. The van der Waals surface area contributed by atoms with Gasteiger partial charge in [0.1, 0.15) is 0 Å². The molecule has 0 radical (unpaired) electrons. The van der Waals surface area contributed by atoms with Crippen LogP contribution in [-0.4, -0.2) is 12.0 Å². The normalized spacial score (nSPS) is 13.5. The average molecular weight is 250 g/mol. The van der Waals surface area contributed by atoms with E-state index in [0.717, 1.165) is 0 Å². The third-order valence-corrected chi connectivity index (χ3v) is 2.19. The van der Waals surface area contributed by atoms with Gasteiger partial charge in [-0.2, -0.15) is 0 Å². The quantitative estimate of drug-likeness (QED) is 0.771. The highest BCUT2D eigenvalue weighted by Crippen LogP contribution is 2.12. The van der Waals surface area contributed by atoms with Gasteiger partial charge in [-0.1, -0.05) is 0 Å². The van der Waals surface area contributed by atoms with E-state index in [-0.39, 0.29) is 0 Å². The van der Waals surface area contributed by atoms with Crippen LogP contribution in [0.25, 0.3) is 0 Å². The van der Waals surface area contributed by atoms with Crippen molar-refractivity contribution in [2.45, 2.75) is 13.0 Å². The van der Waals surface area contributed by atoms with E-state index in [4.69, 9.17) is 0 Å². The highest BCUT2D eigenvalue weighted by atomic mass is 127. The van der Waals surface area contributed by atoms with E-state index in [2.05, 4.69) is 45.9 Å². The molecule has 0 aromatic carbocycles. The predicted octanol–water partition coefficient (Wildman–Crippen LogP) is 1.90. The van der Waals surface area contributed by atoms with E-state index < -0.39 is 0 Å². The van der Waals surface area contributed by atoms with E-state index in [9.17, 15) is 0 Å². The predicted molar refractivity (Wildman–Crippen MR) is 51.0 cm³/mol. The Kier molecular flexibility index (Phi) is 2.73. The molecule has 1 aromatic rings. The lowest BCUT2D eigenvalue weighted by Gasteiger charge is -2.05. The number of hydrogen-bond donors (Lipinski definition) is 2. The van der Waals surface area contributed by atoms with Gasteiger partial charge in [-0.3, -0.25) is 0 Å². The van der Waals surface area contributed by atoms with Gasteiger partial charge in [0, 0.05) is 21.5 Å². The third-order valence-electron chi connectivity index (χ3n) is 1.57. The first kappa shape index (κ1) is 8.07. The van der Waals surface area contributed by atoms with Crippen molar-refractivity contribution >= 4 is 22.6 Å². The van der Waals surface area contributed by atoms with Crippen molar-refractivity contribution in [3.05, 3.63) is 21.5 Å². The maximum atomic E-state index is 3.19. The summed E-state index contributed by atoms with van der Waals surface area (Å²) in [7, 11) is 1.96. The molecule has 2 N–H and O–H groups in total. The number of rotatable bonds is 2. The molecule has 0 bridgehead atoms. The van der Waals surface area contributed by atoms with Crippen molar-refractivity contribution in [1.82, 2.24) is 10.3 Å². The lowest BCUT2D eigenvalue weighted by atomic mass is 10.2. The lowest BCUT2D eigenvalue weighted by Crippen LogP contribution is -2.12. The summed E-state index contributed by atoms with van der Waals surface area (Å²) in [6, 6.07) is 2.56. The molecule has 0 aliphatic heterocycles. The van der Waals surface area contributed by atoms with Crippen LogP contribution in [0.4, 0.5) is 0 Å². The topological polar surface area (TPSA) is 27.8 Å². The van der Waals surface area contributed by atoms with Gasteiger partial charge < -0.3 is 10.3 Å². The second kappa shape index (κ2) is 3.39. The molecular weight excluding hydrogens is 239 g/mol. The van der Waals surface area contributed by atoms with Crippen molar-refractivity contribution in [1.29, 1.82) is 0 Å². The smallest absolute Gasteiger partial charge is 0.0442 e. The van der Waals surface area contributed by atoms with Crippen molar-refractivity contribution in [3.63, 3.8) is 0 Å². The van der Waals surface area contributed by atoms with Crippen molar-refractivity contribution in [2.75, 3.05) is 7.05 Å². The highest BCUT2D eigenvalue weighted by molar-refractivity contribution is 14.1. The molecule has 0 aliphatic carbocycles. The van der Waals surface area contributed by atoms with E-state index in [1.165, 1.54) is 9.26 Å².